The van der Waals surface area contributed by atoms with E-state index >= 15 is 0 Å². The van der Waals surface area contributed by atoms with Gasteiger partial charge >= 0.3 is 19.6 Å². The van der Waals surface area contributed by atoms with E-state index in [2.05, 4.69) is 0 Å². The molecule has 0 fully saturated rings. The lowest BCUT2D eigenvalue weighted by Gasteiger charge is -2.47. The molecule has 0 saturated carbocycles. The minimum atomic E-state index is -3.63. The van der Waals surface area contributed by atoms with Crippen molar-refractivity contribution in [1.82, 2.24) is 5.06 Å². The zero-order chi connectivity index (χ0) is 24.7. The quantitative estimate of drug-likeness (QED) is 0.0645. The van der Waals surface area contributed by atoms with Crippen molar-refractivity contribution in [3.63, 3.8) is 0 Å². The van der Waals surface area contributed by atoms with Gasteiger partial charge in [0.2, 0.25) is 0 Å². The Labute approximate surface area is 203 Å². The van der Waals surface area contributed by atoms with Crippen LogP contribution >= 0.6 is 40.8 Å². The summed E-state index contributed by atoms with van der Waals surface area (Å²) in [6.07, 6.45) is -0.496. The third kappa shape index (κ3) is 11.5. The van der Waals surface area contributed by atoms with Crippen LogP contribution in [-0.4, -0.2) is 54.3 Å². The Balaban J connectivity index is 5.67. The van der Waals surface area contributed by atoms with Crippen molar-refractivity contribution in [2.75, 3.05) is 19.8 Å². The van der Waals surface area contributed by atoms with Gasteiger partial charge in [0.15, 0.2) is 6.10 Å². The molecule has 0 aromatic heterocycles. The van der Waals surface area contributed by atoms with Crippen LogP contribution in [0.3, 0.4) is 0 Å². The summed E-state index contributed by atoms with van der Waals surface area (Å²) in [6.45, 7) is 17.1. The van der Waals surface area contributed by atoms with Crippen LogP contribution in [0.25, 0.3) is 0 Å². The number of rotatable bonds is 13. The summed E-state index contributed by atoms with van der Waals surface area (Å²) < 4.78 is 30.4. The lowest BCUT2D eigenvalue weighted by molar-refractivity contribution is -0.263. The standard InChI is InChI=1S/C19H39Cl3NO6PSi/c1-10-27-30(25,28-11-2)17(18(4,5)6)23(19(7,8)9)29-15(3)16(24)26-13-12-14-31(20,21)22/h15,17H,10-14H2,1-9H3. The number of carbonyl (C=O) groups excluding carboxylic acids is 1. The minimum Gasteiger partial charge on any atom is -0.464 e. The predicted molar refractivity (Wildman–Crippen MR) is 130 cm³/mol. The highest BCUT2D eigenvalue weighted by molar-refractivity contribution is 7.64. The molecule has 0 heterocycles. The van der Waals surface area contributed by atoms with Crippen LogP contribution < -0.4 is 0 Å². The minimum absolute atomic E-state index is 0.127. The Hall–Kier alpha value is 0.627. The average molecular weight is 543 g/mol. The normalized spacial score (nSPS) is 15.8. The summed E-state index contributed by atoms with van der Waals surface area (Å²) in [4.78, 5) is 18.6. The average Bonchev–Trinajstić information content (AvgIpc) is 2.55. The number of halogens is 3. The summed E-state index contributed by atoms with van der Waals surface area (Å²) in [5.74, 6) is -1.33. The van der Waals surface area contributed by atoms with E-state index in [1.807, 2.05) is 41.5 Å². The fourth-order valence-corrected chi connectivity index (χ4v) is 7.28. The van der Waals surface area contributed by atoms with Crippen molar-refractivity contribution in [3.05, 3.63) is 0 Å². The Kier molecular flexibility index (Phi) is 13.2. The van der Waals surface area contributed by atoms with Crippen molar-refractivity contribution in [2.24, 2.45) is 5.41 Å². The lowest BCUT2D eigenvalue weighted by Crippen LogP contribution is -2.55. The van der Waals surface area contributed by atoms with E-state index in [0.717, 1.165) is 0 Å². The number of esters is 1. The number of ether oxygens (including phenoxy) is 1. The van der Waals surface area contributed by atoms with Crippen molar-refractivity contribution >= 4 is 52.8 Å². The van der Waals surface area contributed by atoms with Crippen LogP contribution in [0.4, 0.5) is 0 Å². The molecule has 186 valence electrons. The summed E-state index contributed by atoms with van der Waals surface area (Å²) in [5, 5.41) is 1.55. The second-order valence-corrected chi connectivity index (χ2v) is 20.6. The van der Waals surface area contributed by atoms with Gasteiger partial charge in [0, 0.05) is 5.54 Å². The summed E-state index contributed by atoms with van der Waals surface area (Å²) in [7, 11) is -3.63. The van der Waals surface area contributed by atoms with E-state index in [4.69, 9.17) is 51.9 Å². The van der Waals surface area contributed by atoms with Gasteiger partial charge in [-0.1, -0.05) is 20.8 Å². The van der Waals surface area contributed by atoms with Gasteiger partial charge in [0.25, 0.3) is 0 Å². The largest absolute Gasteiger partial charge is 0.464 e. The second kappa shape index (κ2) is 12.9. The zero-order valence-electron chi connectivity index (χ0n) is 20.2. The Morgan fingerprint density at radius 1 is 1.03 bits per heavy atom. The first-order valence-electron chi connectivity index (χ1n) is 10.5. The fourth-order valence-electron chi connectivity index (χ4n) is 2.85. The van der Waals surface area contributed by atoms with Gasteiger partial charge < -0.3 is 13.8 Å². The first-order chi connectivity index (χ1) is 13.9. The van der Waals surface area contributed by atoms with Crippen LogP contribution in [0.15, 0.2) is 0 Å². The van der Waals surface area contributed by atoms with Gasteiger partial charge in [0.1, 0.15) is 5.78 Å². The van der Waals surface area contributed by atoms with Crippen molar-refractivity contribution in [2.45, 2.75) is 92.2 Å². The fraction of sp³-hybridized carbons (Fsp3) is 0.947. The Morgan fingerprint density at radius 3 is 1.87 bits per heavy atom. The van der Waals surface area contributed by atoms with E-state index in [1.54, 1.807) is 25.8 Å². The van der Waals surface area contributed by atoms with E-state index < -0.39 is 42.4 Å². The van der Waals surface area contributed by atoms with Gasteiger partial charge in [-0.15, -0.1) is 33.2 Å². The predicted octanol–water partition coefficient (Wildman–Crippen LogP) is 6.63. The summed E-state index contributed by atoms with van der Waals surface area (Å²) in [5.41, 5.74) is -1.19. The van der Waals surface area contributed by atoms with Gasteiger partial charge in [0.05, 0.1) is 19.8 Å². The molecule has 0 aliphatic heterocycles. The summed E-state index contributed by atoms with van der Waals surface area (Å²) in [6, 6.07) is -2.36. The maximum atomic E-state index is 13.8. The molecule has 0 saturated heterocycles. The molecule has 2 unspecified atom stereocenters. The second-order valence-electron chi connectivity index (χ2n) is 9.25. The molecule has 0 N–H and O–H groups in total. The molecule has 7 nitrogen and oxygen atoms in total. The van der Waals surface area contributed by atoms with E-state index in [9.17, 15) is 9.36 Å². The molecule has 0 bridgehead atoms. The third-order valence-electron chi connectivity index (χ3n) is 4.03. The lowest BCUT2D eigenvalue weighted by atomic mass is 9.94. The van der Waals surface area contributed by atoms with Crippen LogP contribution in [0.1, 0.15) is 68.7 Å². The molecule has 31 heavy (non-hydrogen) atoms. The Bertz CT molecular complexity index is 597. The van der Waals surface area contributed by atoms with Crippen molar-refractivity contribution in [3.8, 4) is 0 Å². The topological polar surface area (TPSA) is 74.3 Å². The highest BCUT2D eigenvalue weighted by Gasteiger charge is 2.52. The van der Waals surface area contributed by atoms with E-state index in [0.29, 0.717) is 12.5 Å². The highest BCUT2D eigenvalue weighted by atomic mass is 35.8. The molecular formula is C19H39Cl3NO6PSi. The number of hydrogen-bond donors (Lipinski definition) is 0. The molecule has 0 aliphatic rings. The van der Waals surface area contributed by atoms with E-state index in [-0.39, 0.29) is 19.8 Å². The highest BCUT2D eigenvalue weighted by Crippen LogP contribution is 2.60. The molecule has 0 aromatic carbocycles. The molecule has 0 radical (unpaired) electrons. The number of hydroxylamine groups is 2. The van der Waals surface area contributed by atoms with E-state index in [1.165, 1.54) is 0 Å². The molecule has 0 amide bonds. The molecular weight excluding hydrogens is 504 g/mol. The SMILES string of the molecule is CCOP(=O)(OCC)C(N(OC(C)C(=O)OCCC[Si](Cl)(Cl)Cl)C(C)(C)C)C(C)(C)C. The third-order valence-corrected chi connectivity index (χ3v) is 9.47. The van der Waals surface area contributed by atoms with Gasteiger partial charge in [-0.2, -0.15) is 5.06 Å². The van der Waals surface area contributed by atoms with Crippen LogP contribution in [0.2, 0.25) is 6.04 Å². The Morgan fingerprint density at radius 2 is 1.52 bits per heavy atom. The molecule has 0 aliphatic carbocycles. The molecule has 0 aromatic rings. The number of nitrogens with zero attached hydrogens (tertiary/aromatic N) is 1. The molecule has 12 heteroatoms. The number of hydrogen-bond acceptors (Lipinski definition) is 7. The maximum Gasteiger partial charge on any atom is 0.350 e. The maximum absolute atomic E-state index is 13.8. The summed E-state index contributed by atoms with van der Waals surface area (Å²) >= 11 is 17.5. The number of carbonyl (C=O) groups is 1. The molecule has 2 atom stereocenters. The van der Waals surface area contributed by atoms with Crippen molar-refractivity contribution < 1.29 is 28.0 Å². The molecule has 0 rings (SSSR count). The smallest absolute Gasteiger partial charge is 0.350 e. The van der Waals surface area contributed by atoms with Crippen LogP contribution in [0, 0.1) is 5.41 Å². The van der Waals surface area contributed by atoms with Crippen LogP contribution in [-0.2, 0) is 28.0 Å². The van der Waals surface area contributed by atoms with Gasteiger partial charge in [-0.3, -0.25) is 9.40 Å². The monoisotopic (exact) mass is 541 g/mol. The first kappa shape index (κ1) is 31.6. The van der Waals surface area contributed by atoms with Crippen molar-refractivity contribution in [1.29, 1.82) is 0 Å². The van der Waals surface area contributed by atoms with Crippen LogP contribution in [0.5, 0.6) is 0 Å². The first-order valence-corrected chi connectivity index (χ1v) is 17.3. The van der Waals surface area contributed by atoms with Gasteiger partial charge in [-0.25, -0.2) is 4.79 Å². The van der Waals surface area contributed by atoms with Gasteiger partial charge in [-0.05, 0) is 59.4 Å². The molecule has 0 spiro atoms. The zero-order valence-corrected chi connectivity index (χ0v) is 24.3.